The van der Waals surface area contributed by atoms with Crippen LogP contribution in [-0.4, -0.2) is 25.0 Å². The fourth-order valence-corrected chi connectivity index (χ4v) is 4.26. The number of rotatable bonds is 4. The van der Waals surface area contributed by atoms with Crippen LogP contribution < -0.4 is 10.6 Å². The zero-order valence-electron chi connectivity index (χ0n) is 16.0. The van der Waals surface area contributed by atoms with Gasteiger partial charge in [-0.1, -0.05) is 43.5 Å². The molecule has 2 aliphatic rings. The first-order valence-corrected chi connectivity index (χ1v) is 10.0. The van der Waals surface area contributed by atoms with Gasteiger partial charge in [-0.15, -0.1) is 0 Å². The second kappa shape index (κ2) is 8.15. The predicted octanol–water partition coefficient (Wildman–Crippen LogP) is 3.90. The van der Waals surface area contributed by atoms with E-state index < -0.39 is 5.91 Å². The van der Waals surface area contributed by atoms with Gasteiger partial charge in [-0.05, 0) is 48.1 Å². The Morgan fingerprint density at radius 3 is 2.61 bits per heavy atom. The first-order chi connectivity index (χ1) is 13.6. The monoisotopic (exact) mass is 378 g/mol. The molecule has 0 saturated heterocycles. The van der Waals surface area contributed by atoms with Gasteiger partial charge in [-0.3, -0.25) is 9.59 Å². The number of fused-ring (bicyclic) bond motifs is 1. The molecule has 0 atom stereocenters. The molecule has 1 heterocycles. The molecule has 2 aromatic rings. The average molecular weight is 378 g/mol. The van der Waals surface area contributed by atoms with Crippen molar-refractivity contribution in [2.45, 2.75) is 38.7 Å². The lowest BCUT2D eigenvalue weighted by atomic mass is 9.88. The first kappa shape index (κ1) is 18.7. The molecule has 5 nitrogen and oxygen atoms in total. The molecule has 2 aromatic carbocycles. The molecule has 1 aliphatic carbocycles. The maximum absolute atomic E-state index is 12.8. The van der Waals surface area contributed by atoms with E-state index in [9.17, 15) is 9.59 Å². The lowest BCUT2D eigenvalue weighted by molar-refractivity contribution is -0.123. The Labute approximate surface area is 165 Å². The van der Waals surface area contributed by atoms with E-state index in [2.05, 4.69) is 0 Å². The fourth-order valence-electron chi connectivity index (χ4n) is 4.26. The lowest BCUT2D eigenvalue weighted by Crippen LogP contribution is -2.37. The number of nitrogens with zero attached hydrogens (tertiary/aromatic N) is 1. The van der Waals surface area contributed by atoms with E-state index in [4.69, 9.17) is 10.5 Å². The van der Waals surface area contributed by atoms with Crippen molar-refractivity contribution >= 4 is 17.5 Å². The number of hydrogen-bond donors (Lipinski definition) is 1. The van der Waals surface area contributed by atoms with Crippen molar-refractivity contribution < 1.29 is 14.3 Å². The van der Waals surface area contributed by atoms with Crippen LogP contribution in [0.25, 0.3) is 11.1 Å². The van der Waals surface area contributed by atoms with Crippen LogP contribution in [0.4, 0.5) is 5.69 Å². The number of primary amides is 1. The minimum absolute atomic E-state index is 0.0207. The van der Waals surface area contributed by atoms with Gasteiger partial charge in [-0.2, -0.15) is 0 Å². The normalized spacial score (nSPS) is 17.9. The fraction of sp³-hybridized carbons (Fsp3) is 0.391. The van der Waals surface area contributed by atoms with Gasteiger partial charge in [0.15, 0.2) is 0 Å². The molecule has 0 unspecified atom stereocenters. The highest BCUT2D eigenvalue weighted by Gasteiger charge is 2.26. The van der Waals surface area contributed by atoms with Crippen molar-refractivity contribution in [1.29, 1.82) is 0 Å². The summed E-state index contributed by atoms with van der Waals surface area (Å²) in [5, 5.41) is 0. The summed E-state index contributed by atoms with van der Waals surface area (Å²) in [6.07, 6.45) is 6.15. The highest BCUT2D eigenvalue weighted by Crippen LogP contribution is 2.33. The number of benzene rings is 2. The van der Waals surface area contributed by atoms with E-state index in [1.54, 1.807) is 12.1 Å². The molecule has 1 fully saturated rings. The van der Waals surface area contributed by atoms with Crippen molar-refractivity contribution in [3.05, 3.63) is 53.6 Å². The van der Waals surface area contributed by atoms with Gasteiger partial charge in [-0.25, -0.2) is 0 Å². The minimum Gasteiger partial charge on any atom is -0.367 e. The number of nitrogens with two attached hydrogens (primary N) is 1. The maximum atomic E-state index is 12.8. The summed E-state index contributed by atoms with van der Waals surface area (Å²) in [6.45, 7) is 1.30. The molecule has 1 saturated carbocycles. The highest BCUT2D eigenvalue weighted by molar-refractivity contribution is 5.97. The highest BCUT2D eigenvalue weighted by atomic mass is 16.5. The second-order valence-electron chi connectivity index (χ2n) is 7.79. The van der Waals surface area contributed by atoms with E-state index in [-0.39, 0.29) is 12.5 Å². The van der Waals surface area contributed by atoms with Crippen molar-refractivity contribution in [2.75, 3.05) is 18.1 Å². The van der Waals surface area contributed by atoms with Crippen LogP contribution in [0.3, 0.4) is 0 Å². The van der Waals surface area contributed by atoms with Crippen LogP contribution in [-0.2, 0) is 16.1 Å². The molecule has 0 spiro atoms. The zero-order valence-corrected chi connectivity index (χ0v) is 16.0. The van der Waals surface area contributed by atoms with E-state index in [0.717, 1.165) is 28.9 Å². The van der Waals surface area contributed by atoms with Crippen molar-refractivity contribution in [3.8, 4) is 11.1 Å². The van der Waals surface area contributed by atoms with Crippen molar-refractivity contribution in [1.82, 2.24) is 0 Å². The second-order valence-corrected chi connectivity index (χ2v) is 7.79. The average Bonchev–Trinajstić information content (AvgIpc) is 2.87. The van der Waals surface area contributed by atoms with Gasteiger partial charge >= 0.3 is 0 Å². The summed E-state index contributed by atoms with van der Waals surface area (Å²) in [4.78, 5) is 26.2. The molecule has 1 aliphatic heterocycles. The molecule has 0 bridgehead atoms. The number of amides is 2. The van der Waals surface area contributed by atoms with Crippen LogP contribution in [0.2, 0.25) is 0 Å². The van der Waals surface area contributed by atoms with Crippen LogP contribution >= 0.6 is 0 Å². The number of anilines is 1. The van der Waals surface area contributed by atoms with Gasteiger partial charge in [0.1, 0.15) is 6.61 Å². The van der Waals surface area contributed by atoms with Crippen LogP contribution in [0.5, 0.6) is 0 Å². The van der Waals surface area contributed by atoms with E-state index in [0.29, 0.717) is 18.1 Å². The van der Waals surface area contributed by atoms with Crippen molar-refractivity contribution in [2.24, 2.45) is 11.7 Å². The molecular weight excluding hydrogens is 352 g/mol. The summed E-state index contributed by atoms with van der Waals surface area (Å²) in [5.74, 6) is 0.122. The topological polar surface area (TPSA) is 72.6 Å². The third-order valence-corrected chi connectivity index (χ3v) is 5.81. The van der Waals surface area contributed by atoms with Crippen LogP contribution in [0.15, 0.2) is 42.5 Å². The molecular formula is C23H26N2O3. The van der Waals surface area contributed by atoms with Crippen LogP contribution in [0.1, 0.15) is 48.0 Å². The molecule has 2 amide bonds. The summed E-state index contributed by atoms with van der Waals surface area (Å²) in [6, 6.07) is 13.4. The molecule has 5 heteroatoms. The number of carbonyl (C=O) groups is 2. The largest absolute Gasteiger partial charge is 0.367 e. The molecule has 146 valence electrons. The predicted molar refractivity (Wildman–Crippen MR) is 109 cm³/mol. The van der Waals surface area contributed by atoms with Gasteiger partial charge in [0, 0.05) is 23.4 Å². The van der Waals surface area contributed by atoms with E-state index >= 15 is 0 Å². The summed E-state index contributed by atoms with van der Waals surface area (Å²) >= 11 is 0. The summed E-state index contributed by atoms with van der Waals surface area (Å²) < 4.78 is 5.60. The SMILES string of the molecule is NC(=O)c1cccc(-c2ccc3c(c2)N(CC2CCCCC2)C(=O)COC3)c1. The van der Waals surface area contributed by atoms with Gasteiger partial charge in [0.2, 0.25) is 5.91 Å². The van der Waals surface area contributed by atoms with E-state index in [1.807, 2.05) is 35.2 Å². The molecule has 28 heavy (non-hydrogen) atoms. The summed E-state index contributed by atoms with van der Waals surface area (Å²) in [5.41, 5.74) is 9.73. The Bertz CT molecular complexity index is 887. The quantitative estimate of drug-likeness (QED) is 0.877. The Balaban J connectivity index is 1.70. The van der Waals surface area contributed by atoms with Crippen LogP contribution in [0, 0.1) is 5.92 Å². The van der Waals surface area contributed by atoms with Gasteiger partial charge < -0.3 is 15.4 Å². The lowest BCUT2D eigenvalue weighted by Gasteiger charge is -2.30. The number of hydrogen-bond acceptors (Lipinski definition) is 3. The van der Waals surface area contributed by atoms with Gasteiger partial charge in [0.05, 0.1) is 6.61 Å². The minimum atomic E-state index is -0.445. The smallest absolute Gasteiger partial charge is 0.253 e. The Morgan fingerprint density at radius 1 is 1.04 bits per heavy atom. The Hall–Kier alpha value is -2.66. The molecule has 2 N–H and O–H groups in total. The van der Waals surface area contributed by atoms with Crippen molar-refractivity contribution in [3.63, 3.8) is 0 Å². The van der Waals surface area contributed by atoms with Gasteiger partial charge in [0.25, 0.3) is 5.91 Å². The Morgan fingerprint density at radius 2 is 1.82 bits per heavy atom. The molecule has 0 radical (unpaired) electrons. The number of carbonyl (C=O) groups excluding carboxylic acids is 2. The number of ether oxygens (including phenoxy) is 1. The molecule has 4 rings (SSSR count). The standard InChI is InChI=1S/C23H26N2O3/c24-23(27)19-8-4-7-17(11-19)18-9-10-20-14-28-15-22(26)25(21(20)12-18)13-16-5-2-1-3-6-16/h4,7-12,16H,1-3,5-6,13-15H2,(H2,24,27). The third-order valence-electron chi connectivity index (χ3n) is 5.81. The zero-order chi connectivity index (χ0) is 19.5. The maximum Gasteiger partial charge on any atom is 0.253 e. The van der Waals surface area contributed by atoms with E-state index in [1.165, 1.54) is 32.1 Å². The third kappa shape index (κ3) is 3.94. The first-order valence-electron chi connectivity index (χ1n) is 10.0. The molecule has 0 aromatic heterocycles. The summed E-state index contributed by atoms with van der Waals surface area (Å²) in [7, 11) is 0. The Kier molecular flexibility index (Phi) is 5.44.